The quantitative estimate of drug-likeness (QED) is 0.226. The third-order valence-corrected chi connectivity index (χ3v) is 7.25. The Hall–Kier alpha value is -1.57. The zero-order valence-electron chi connectivity index (χ0n) is 21.2. The van der Waals surface area contributed by atoms with E-state index in [1.54, 1.807) is 0 Å². The molecule has 0 bridgehead atoms. The van der Waals surface area contributed by atoms with Crippen molar-refractivity contribution in [1.82, 2.24) is 0 Å². The molecule has 180 valence electrons. The third kappa shape index (κ3) is 10.4. The SMILES string of the molecule is CC1=C(CCCCCCCCCCCCCCCOc2ccccc2)C(C)(C)CCC1=O. The van der Waals surface area contributed by atoms with Crippen molar-refractivity contribution in [3.63, 3.8) is 0 Å². The molecule has 0 amide bonds. The molecule has 0 aliphatic heterocycles. The van der Waals surface area contributed by atoms with Crippen LogP contribution in [0.3, 0.4) is 0 Å². The lowest BCUT2D eigenvalue weighted by atomic mass is 9.70. The molecule has 0 saturated heterocycles. The standard InChI is InChI=1S/C30H48O2/c1-26-28(30(2,3)24-23-29(26)31)22-18-13-11-9-7-5-4-6-8-10-12-14-19-25-32-27-20-16-15-17-21-27/h15-17,20-21H,4-14,18-19,22-25H2,1-3H3. The van der Waals surface area contributed by atoms with Gasteiger partial charge in [-0.15, -0.1) is 0 Å². The highest BCUT2D eigenvalue weighted by Crippen LogP contribution is 2.41. The molecule has 0 spiro atoms. The molecule has 2 nitrogen and oxygen atoms in total. The number of hydrogen-bond donors (Lipinski definition) is 0. The molecule has 0 N–H and O–H groups in total. The van der Waals surface area contributed by atoms with Crippen LogP contribution in [0, 0.1) is 5.41 Å². The van der Waals surface area contributed by atoms with Crippen molar-refractivity contribution in [3.8, 4) is 5.75 Å². The maximum absolute atomic E-state index is 12.0. The normalized spacial score (nSPS) is 15.9. The maximum atomic E-state index is 12.0. The Bertz CT molecular complexity index is 671. The summed E-state index contributed by atoms with van der Waals surface area (Å²) in [4.78, 5) is 12.0. The summed E-state index contributed by atoms with van der Waals surface area (Å²) in [6.45, 7) is 7.54. The molecule has 0 fully saturated rings. The van der Waals surface area contributed by atoms with Crippen LogP contribution in [-0.2, 0) is 4.79 Å². The number of Topliss-reactive ketones (excluding diaryl/α,β-unsaturated/α-hetero) is 1. The lowest BCUT2D eigenvalue weighted by Crippen LogP contribution is -2.25. The van der Waals surface area contributed by atoms with Gasteiger partial charge in [0.1, 0.15) is 5.75 Å². The average Bonchev–Trinajstić information content (AvgIpc) is 2.79. The van der Waals surface area contributed by atoms with Crippen LogP contribution in [0.1, 0.15) is 124 Å². The molecular formula is C30H48O2. The molecule has 1 aromatic carbocycles. The van der Waals surface area contributed by atoms with Gasteiger partial charge in [0.25, 0.3) is 0 Å². The van der Waals surface area contributed by atoms with Gasteiger partial charge in [-0.3, -0.25) is 4.79 Å². The first-order valence-electron chi connectivity index (χ1n) is 13.4. The number of carbonyl (C=O) groups is 1. The molecule has 0 unspecified atom stereocenters. The second-order valence-electron chi connectivity index (χ2n) is 10.4. The molecule has 0 heterocycles. The van der Waals surface area contributed by atoms with Crippen LogP contribution in [0.4, 0.5) is 0 Å². The van der Waals surface area contributed by atoms with Gasteiger partial charge in [0.05, 0.1) is 6.61 Å². The van der Waals surface area contributed by atoms with Crippen molar-refractivity contribution in [1.29, 1.82) is 0 Å². The number of allylic oxidation sites excluding steroid dienone is 2. The summed E-state index contributed by atoms with van der Waals surface area (Å²) >= 11 is 0. The Morgan fingerprint density at radius 2 is 1.25 bits per heavy atom. The van der Waals surface area contributed by atoms with Crippen molar-refractivity contribution >= 4 is 5.78 Å². The highest BCUT2D eigenvalue weighted by atomic mass is 16.5. The highest BCUT2D eigenvalue weighted by molar-refractivity contribution is 5.96. The Kier molecular flexibility index (Phi) is 12.8. The predicted molar refractivity (Wildman–Crippen MR) is 137 cm³/mol. The number of benzene rings is 1. The van der Waals surface area contributed by atoms with Crippen molar-refractivity contribution in [3.05, 3.63) is 41.5 Å². The van der Waals surface area contributed by atoms with E-state index >= 15 is 0 Å². The number of rotatable bonds is 17. The van der Waals surface area contributed by atoms with Crippen LogP contribution in [-0.4, -0.2) is 12.4 Å². The van der Waals surface area contributed by atoms with Gasteiger partial charge in [-0.2, -0.15) is 0 Å². The minimum Gasteiger partial charge on any atom is -0.494 e. The fraction of sp³-hybridized carbons (Fsp3) is 0.700. The highest BCUT2D eigenvalue weighted by Gasteiger charge is 2.31. The van der Waals surface area contributed by atoms with E-state index in [1.807, 2.05) is 30.3 Å². The van der Waals surface area contributed by atoms with Crippen molar-refractivity contribution in [2.45, 2.75) is 124 Å². The molecular weight excluding hydrogens is 392 g/mol. The summed E-state index contributed by atoms with van der Waals surface area (Å²) < 4.78 is 5.75. The van der Waals surface area contributed by atoms with Crippen molar-refractivity contribution < 1.29 is 9.53 Å². The van der Waals surface area contributed by atoms with Gasteiger partial charge < -0.3 is 4.74 Å². The average molecular weight is 441 g/mol. The summed E-state index contributed by atoms with van der Waals surface area (Å²) in [6, 6.07) is 10.1. The van der Waals surface area contributed by atoms with E-state index in [1.165, 1.54) is 89.0 Å². The fourth-order valence-electron chi connectivity index (χ4n) is 5.02. The van der Waals surface area contributed by atoms with E-state index in [2.05, 4.69) is 20.8 Å². The smallest absolute Gasteiger partial charge is 0.158 e. The topological polar surface area (TPSA) is 26.3 Å². The number of ether oxygens (including phenoxy) is 1. The van der Waals surface area contributed by atoms with Gasteiger partial charge in [-0.1, -0.05) is 108 Å². The van der Waals surface area contributed by atoms with Crippen LogP contribution in [0.5, 0.6) is 5.75 Å². The molecule has 1 aliphatic carbocycles. The van der Waals surface area contributed by atoms with Crippen molar-refractivity contribution in [2.75, 3.05) is 6.61 Å². The van der Waals surface area contributed by atoms with Crippen LogP contribution in [0.15, 0.2) is 41.5 Å². The minimum absolute atomic E-state index is 0.230. The third-order valence-electron chi connectivity index (χ3n) is 7.25. The Labute approximate surface area is 198 Å². The first-order valence-corrected chi connectivity index (χ1v) is 13.4. The Morgan fingerprint density at radius 1 is 0.750 bits per heavy atom. The first-order chi connectivity index (χ1) is 15.5. The van der Waals surface area contributed by atoms with E-state index in [0.717, 1.165) is 37.2 Å². The molecule has 2 heteroatoms. The van der Waals surface area contributed by atoms with Crippen LogP contribution in [0.2, 0.25) is 0 Å². The molecule has 0 saturated carbocycles. The molecule has 0 aromatic heterocycles. The lowest BCUT2D eigenvalue weighted by Gasteiger charge is -2.34. The van der Waals surface area contributed by atoms with Gasteiger partial charge in [0.15, 0.2) is 5.78 Å². The maximum Gasteiger partial charge on any atom is 0.158 e. The van der Waals surface area contributed by atoms with E-state index < -0.39 is 0 Å². The van der Waals surface area contributed by atoms with E-state index in [4.69, 9.17) is 4.74 Å². The summed E-state index contributed by atoms with van der Waals surface area (Å²) in [7, 11) is 0. The van der Waals surface area contributed by atoms with Gasteiger partial charge in [-0.25, -0.2) is 0 Å². The molecule has 0 atom stereocenters. The summed E-state index contributed by atoms with van der Waals surface area (Å²) in [5.74, 6) is 1.38. The van der Waals surface area contributed by atoms with Gasteiger partial charge in [0, 0.05) is 6.42 Å². The molecule has 1 aromatic rings. The number of hydrogen-bond acceptors (Lipinski definition) is 2. The fourth-order valence-corrected chi connectivity index (χ4v) is 5.02. The minimum atomic E-state index is 0.230. The summed E-state index contributed by atoms with van der Waals surface area (Å²) in [5, 5.41) is 0. The number of unbranched alkanes of at least 4 members (excludes halogenated alkanes) is 12. The largest absolute Gasteiger partial charge is 0.494 e. The van der Waals surface area contributed by atoms with Gasteiger partial charge >= 0.3 is 0 Å². The van der Waals surface area contributed by atoms with Gasteiger partial charge in [-0.05, 0) is 55.7 Å². The first kappa shape index (κ1) is 26.7. The zero-order chi connectivity index (χ0) is 23.1. The molecule has 2 rings (SSSR count). The monoisotopic (exact) mass is 440 g/mol. The number of para-hydroxylation sites is 1. The second-order valence-corrected chi connectivity index (χ2v) is 10.4. The summed E-state index contributed by atoms with van der Waals surface area (Å²) in [5.41, 5.74) is 2.74. The van der Waals surface area contributed by atoms with E-state index in [-0.39, 0.29) is 5.41 Å². The Balaban J connectivity index is 1.34. The number of ketones is 1. The van der Waals surface area contributed by atoms with E-state index in [9.17, 15) is 4.79 Å². The zero-order valence-corrected chi connectivity index (χ0v) is 21.2. The molecule has 32 heavy (non-hydrogen) atoms. The molecule has 0 radical (unpaired) electrons. The second kappa shape index (κ2) is 15.3. The molecule has 1 aliphatic rings. The predicted octanol–water partition coefficient (Wildman–Crippen LogP) is 9.23. The summed E-state index contributed by atoms with van der Waals surface area (Å²) in [6.07, 6.45) is 20.3. The van der Waals surface area contributed by atoms with Crippen LogP contribution < -0.4 is 4.74 Å². The van der Waals surface area contributed by atoms with E-state index in [0.29, 0.717) is 5.78 Å². The Morgan fingerprint density at radius 3 is 1.81 bits per heavy atom. The van der Waals surface area contributed by atoms with Gasteiger partial charge in [0.2, 0.25) is 0 Å². The lowest BCUT2D eigenvalue weighted by molar-refractivity contribution is -0.116. The van der Waals surface area contributed by atoms with Crippen LogP contribution in [0.25, 0.3) is 0 Å². The van der Waals surface area contributed by atoms with Crippen molar-refractivity contribution in [2.24, 2.45) is 5.41 Å². The van der Waals surface area contributed by atoms with Crippen LogP contribution >= 0.6 is 0 Å². The number of carbonyl (C=O) groups excluding carboxylic acids is 1.